The summed E-state index contributed by atoms with van der Waals surface area (Å²) in [7, 11) is 0. The predicted octanol–water partition coefficient (Wildman–Crippen LogP) is 3.54. The Morgan fingerprint density at radius 2 is 1.39 bits per heavy atom. The van der Waals surface area contributed by atoms with Crippen LogP contribution < -0.4 is 4.90 Å². The van der Waals surface area contributed by atoms with Gasteiger partial charge in [0.15, 0.2) is 0 Å². The van der Waals surface area contributed by atoms with Gasteiger partial charge in [-0.25, -0.2) is 4.90 Å². The van der Waals surface area contributed by atoms with E-state index in [9.17, 15) is 9.59 Å². The zero-order valence-corrected chi connectivity index (χ0v) is 12.7. The maximum atomic E-state index is 13.1. The fourth-order valence-corrected chi connectivity index (χ4v) is 4.71. The Morgan fingerprint density at radius 3 is 2.04 bits per heavy atom. The van der Waals surface area contributed by atoms with Crippen molar-refractivity contribution in [2.75, 3.05) is 4.90 Å². The third kappa shape index (κ3) is 1.65. The van der Waals surface area contributed by atoms with Crippen molar-refractivity contribution < 1.29 is 9.59 Å². The maximum Gasteiger partial charge on any atom is 0.238 e. The summed E-state index contributed by atoms with van der Waals surface area (Å²) in [5, 5.41) is 2.03. The normalized spacial score (nSPS) is 31.9. The molecule has 0 unspecified atom stereocenters. The van der Waals surface area contributed by atoms with Crippen LogP contribution in [0, 0.1) is 23.7 Å². The van der Waals surface area contributed by atoms with Crippen LogP contribution >= 0.6 is 0 Å². The van der Waals surface area contributed by atoms with Crippen molar-refractivity contribution in [2.45, 2.75) is 12.8 Å². The Morgan fingerprint density at radius 1 is 0.783 bits per heavy atom. The summed E-state index contributed by atoms with van der Waals surface area (Å²) >= 11 is 0. The Bertz CT molecular complexity index is 832. The van der Waals surface area contributed by atoms with Gasteiger partial charge in [-0.1, -0.05) is 48.6 Å². The number of hydrogen-bond acceptors (Lipinski definition) is 2. The second-order valence-electron chi connectivity index (χ2n) is 6.85. The van der Waals surface area contributed by atoms with Gasteiger partial charge in [0.2, 0.25) is 11.8 Å². The molecule has 0 aromatic heterocycles. The Balaban J connectivity index is 1.67. The average molecular weight is 303 g/mol. The summed E-state index contributed by atoms with van der Waals surface area (Å²) in [6, 6.07) is 13.8. The average Bonchev–Trinajstić information content (AvgIpc) is 2.89. The van der Waals surface area contributed by atoms with E-state index < -0.39 is 0 Å². The van der Waals surface area contributed by atoms with Gasteiger partial charge < -0.3 is 0 Å². The highest BCUT2D eigenvalue weighted by atomic mass is 16.2. The first-order valence-corrected chi connectivity index (χ1v) is 8.29. The minimum Gasteiger partial charge on any atom is -0.274 e. The fraction of sp³-hybridized carbons (Fsp3) is 0.300. The molecule has 6 rings (SSSR count). The number of benzene rings is 2. The predicted molar refractivity (Wildman–Crippen MR) is 88.8 cm³/mol. The summed E-state index contributed by atoms with van der Waals surface area (Å²) in [6.45, 7) is 0. The highest BCUT2D eigenvalue weighted by Crippen LogP contribution is 2.50. The van der Waals surface area contributed by atoms with Gasteiger partial charge in [0.1, 0.15) is 0 Å². The van der Waals surface area contributed by atoms with Gasteiger partial charge in [-0.3, -0.25) is 9.59 Å². The third-order valence-electron chi connectivity index (χ3n) is 5.77. The zero-order chi connectivity index (χ0) is 15.6. The van der Waals surface area contributed by atoms with Crippen molar-refractivity contribution in [3.63, 3.8) is 0 Å². The third-order valence-corrected chi connectivity index (χ3v) is 5.77. The van der Waals surface area contributed by atoms with Crippen molar-refractivity contribution >= 4 is 28.3 Å². The fourth-order valence-electron chi connectivity index (χ4n) is 4.71. The highest BCUT2D eigenvalue weighted by molar-refractivity contribution is 6.25. The lowest BCUT2D eigenvalue weighted by Crippen LogP contribution is -2.38. The van der Waals surface area contributed by atoms with Gasteiger partial charge in [0, 0.05) is 5.39 Å². The number of imide groups is 1. The van der Waals surface area contributed by atoms with Crippen molar-refractivity contribution in [2.24, 2.45) is 23.7 Å². The molecule has 3 heteroatoms. The number of anilines is 1. The number of fused-ring (bicyclic) bond motifs is 2. The van der Waals surface area contributed by atoms with Gasteiger partial charge in [-0.2, -0.15) is 0 Å². The molecule has 2 aromatic carbocycles. The van der Waals surface area contributed by atoms with Gasteiger partial charge in [-0.05, 0) is 36.1 Å². The molecule has 1 heterocycles. The molecule has 0 radical (unpaired) electrons. The van der Waals surface area contributed by atoms with Crippen LogP contribution in [-0.4, -0.2) is 11.8 Å². The van der Waals surface area contributed by atoms with Gasteiger partial charge in [0.05, 0.1) is 17.5 Å². The molecule has 3 nitrogen and oxygen atoms in total. The van der Waals surface area contributed by atoms with Crippen LogP contribution in [-0.2, 0) is 9.59 Å². The quantitative estimate of drug-likeness (QED) is 0.597. The molecule has 3 aliphatic carbocycles. The maximum absolute atomic E-state index is 13.1. The van der Waals surface area contributed by atoms with E-state index >= 15 is 0 Å². The number of nitrogens with zero attached hydrogens (tertiary/aromatic N) is 1. The summed E-state index contributed by atoms with van der Waals surface area (Å²) in [5.74, 6) is 0.170. The summed E-state index contributed by atoms with van der Waals surface area (Å²) in [6.07, 6.45) is 6.38. The topological polar surface area (TPSA) is 37.4 Å². The number of allylic oxidation sites excluding steroid dienone is 2. The monoisotopic (exact) mass is 303 g/mol. The molecular formula is C20H17NO2. The van der Waals surface area contributed by atoms with Crippen LogP contribution in [0.1, 0.15) is 12.8 Å². The van der Waals surface area contributed by atoms with Crippen LogP contribution in [0.25, 0.3) is 10.8 Å². The highest BCUT2D eigenvalue weighted by Gasteiger charge is 2.57. The van der Waals surface area contributed by atoms with Gasteiger partial charge in [-0.15, -0.1) is 0 Å². The van der Waals surface area contributed by atoms with Crippen LogP contribution in [0.2, 0.25) is 0 Å². The minimum absolute atomic E-state index is 0.00426. The number of amides is 2. The standard InChI is InChI=1S/C20H17NO2/c22-19-17-13-8-9-14(11-10-13)18(17)20(23)21(19)16-7-3-5-12-4-1-2-6-15(12)16/h1-9,13-14,17-18H,10-11H2/t13-,14-,17-,18-/m0/s1. The van der Waals surface area contributed by atoms with E-state index in [0.29, 0.717) is 0 Å². The lowest BCUT2D eigenvalue weighted by Gasteiger charge is -2.38. The van der Waals surface area contributed by atoms with Crippen LogP contribution in [0.15, 0.2) is 54.6 Å². The molecule has 114 valence electrons. The molecule has 1 saturated heterocycles. The number of carbonyl (C=O) groups excluding carboxylic acids is 2. The van der Waals surface area contributed by atoms with Crippen molar-refractivity contribution in [1.82, 2.24) is 0 Å². The Kier molecular flexibility index (Phi) is 2.58. The van der Waals surface area contributed by atoms with E-state index in [1.54, 1.807) is 0 Å². The van der Waals surface area contributed by atoms with Gasteiger partial charge >= 0.3 is 0 Å². The zero-order valence-electron chi connectivity index (χ0n) is 12.7. The lowest BCUT2D eigenvalue weighted by atomic mass is 9.63. The lowest BCUT2D eigenvalue weighted by molar-refractivity contribution is -0.124. The van der Waals surface area contributed by atoms with Gasteiger partial charge in [0.25, 0.3) is 0 Å². The van der Waals surface area contributed by atoms with Crippen LogP contribution in [0.3, 0.4) is 0 Å². The molecule has 1 saturated carbocycles. The molecule has 23 heavy (non-hydrogen) atoms. The van der Waals surface area contributed by atoms with E-state index in [1.807, 2.05) is 42.5 Å². The first-order chi connectivity index (χ1) is 11.3. The largest absolute Gasteiger partial charge is 0.274 e. The molecule has 0 spiro atoms. The first-order valence-electron chi connectivity index (χ1n) is 8.29. The van der Waals surface area contributed by atoms with E-state index in [1.165, 1.54) is 4.90 Å². The molecule has 2 bridgehead atoms. The molecule has 4 atom stereocenters. The summed E-state index contributed by atoms with van der Waals surface area (Å²) in [5.41, 5.74) is 0.743. The number of carbonyl (C=O) groups is 2. The molecular weight excluding hydrogens is 286 g/mol. The second-order valence-corrected chi connectivity index (χ2v) is 6.85. The number of rotatable bonds is 1. The Labute approximate surface area is 134 Å². The van der Waals surface area contributed by atoms with E-state index in [4.69, 9.17) is 0 Å². The van der Waals surface area contributed by atoms with Crippen LogP contribution in [0.4, 0.5) is 5.69 Å². The van der Waals surface area contributed by atoms with Crippen molar-refractivity contribution in [3.05, 3.63) is 54.6 Å². The molecule has 2 amide bonds. The van der Waals surface area contributed by atoms with E-state index in [0.717, 1.165) is 29.3 Å². The van der Waals surface area contributed by atoms with Crippen molar-refractivity contribution in [1.29, 1.82) is 0 Å². The minimum atomic E-state index is -0.148. The second kappa shape index (κ2) is 4.54. The summed E-state index contributed by atoms with van der Waals surface area (Å²) in [4.78, 5) is 27.6. The molecule has 1 aliphatic heterocycles. The molecule has 2 fully saturated rings. The first kappa shape index (κ1) is 13.1. The smallest absolute Gasteiger partial charge is 0.238 e. The molecule has 2 aromatic rings. The SMILES string of the molecule is O=C1[C@@H]2[C@@H](C(=O)N1c1cccc3ccccc13)[C@H]1C=C[C@H]2CC1. The van der Waals surface area contributed by atoms with Crippen molar-refractivity contribution in [3.8, 4) is 0 Å². The van der Waals surface area contributed by atoms with E-state index in [2.05, 4.69) is 12.2 Å². The molecule has 4 aliphatic rings. The summed E-state index contributed by atoms with van der Waals surface area (Å²) < 4.78 is 0. The molecule has 0 N–H and O–H groups in total. The van der Waals surface area contributed by atoms with E-state index in [-0.39, 0.29) is 35.5 Å². The van der Waals surface area contributed by atoms with Crippen LogP contribution in [0.5, 0.6) is 0 Å². The number of hydrogen-bond donors (Lipinski definition) is 0. The Hall–Kier alpha value is -2.42.